The van der Waals surface area contributed by atoms with Gasteiger partial charge < -0.3 is 9.29 Å². The van der Waals surface area contributed by atoms with Gasteiger partial charge in [-0.3, -0.25) is 4.21 Å². The molecule has 0 saturated carbocycles. The lowest BCUT2D eigenvalue weighted by atomic mass is 10.2. The van der Waals surface area contributed by atoms with Crippen LogP contribution in [0.1, 0.15) is 5.56 Å². The van der Waals surface area contributed by atoms with E-state index in [4.69, 9.17) is 0 Å². The van der Waals surface area contributed by atoms with Gasteiger partial charge >= 0.3 is 6.36 Å². The summed E-state index contributed by atoms with van der Waals surface area (Å²) in [7, 11) is 0. The lowest BCUT2D eigenvalue weighted by Gasteiger charge is -2.09. The third-order valence-electron chi connectivity index (χ3n) is 1.71. The zero-order valence-corrected chi connectivity index (χ0v) is 8.81. The van der Waals surface area contributed by atoms with Crippen LogP contribution in [0.2, 0.25) is 0 Å². The SMILES string of the molecule is O=S([O-])CCc1ccc(OC(F)(F)F)cc1. The zero-order valence-electron chi connectivity index (χ0n) is 7.99. The molecule has 0 aliphatic rings. The van der Waals surface area contributed by atoms with Crippen LogP contribution in [0.5, 0.6) is 5.75 Å². The summed E-state index contributed by atoms with van der Waals surface area (Å²) >= 11 is -2.15. The summed E-state index contributed by atoms with van der Waals surface area (Å²) in [4.78, 5) is 0. The predicted molar refractivity (Wildman–Crippen MR) is 50.6 cm³/mol. The molecule has 0 saturated heterocycles. The molecular weight excluding hydrogens is 245 g/mol. The Labute approximate surface area is 92.5 Å². The van der Waals surface area contributed by atoms with Crippen LogP contribution in [0.15, 0.2) is 24.3 Å². The summed E-state index contributed by atoms with van der Waals surface area (Å²) in [6.45, 7) is 0. The van der Waals surface area contributed by atoms with Gasteiger partial charge in [-0.15, -0.1) is 13.2 Å². The van der Waals surface area contributed by atoms with Gasteiger partial charge in [0, 0.05) is 5.75 Å². The number of benzene rings is 1. The van der Waals surface area contributed by atoms with Crippen molar-refractivity contribution in [3.05, 3.63) is 29.8 Å². The van der Waals surface area contributed by atoms with Gasteiger partial charge in [0.05, 0.1) is 0 Å². The molecule has 0 fully saturated rings. The topological polar surface area (TPSA) is 49.4 Å². The molecule has 0 spiro atoms. The van der Waals surface area contributed by atoms with Crippen molar-refractivity contribution < 1.29 is 26.7 Å². The summed E-state index contributed by atoms with van der Waals surface area (Å²) in [6.07, 6.45) is -4.44. The van der Waals surface area contributed by atoms with Crippen LogP contribution >= 0.6 is 0 Å². The fraction of sp³-hybridized carbons (Fsp3) is 0.333. The lowest BCUT2D eigenvalue weighted by Crippen LogP contribution is -2.17. The first-order chi connectivity index (χ1) is 7.37. The number of halogens is 3. The standard InChI is InChI=1S/C9H9F3O3S/c10-9(11,12)15-8-3-1-7(2-4-8)5-6-16(13)14/h1-4H,5-6H2,(H,13,14)/p-1. The summed E-state index contributed by atoms with van der Waals surface area (Å²) in [5, 5.41) is 0. The van der Waals surface area contributed by atoms with Gasteiger partial charge in [0.2, 0.25) is 0 Å². The number of aryl methyl sites for hydroxylation is 1. The van der Waals surface area contributed by atoms with Crippen molar-refractivity contribution in [2.24, 2.45) is 0 Å². The molecule has 0 bridgehead atoms. The van der Waals surface area contributed by atoms with E-state index in [1.807, 2.05) is 0 Å². The number of rotatable bonds is 4. The predicted octanol–water partition coefficient (Wildman–Crippen LogP) is 2.01. The fourth-order valence-corrected chi connectivity index (χ4v) is 1.46. The molecule has 3 nitrogen and oxygen atoms in total. The zero-order chi connectivity index (χ0) is 12.2. The summed E-state index contributed by atoms with van der Waals surface area (Å²) in [6, 6.07) is 5.09. The van der Waals surface area contributed by atoms with Gasteiger partial charge in [-0.1, -0.05) is 23.2 Å². The molecule has 0 N–H and O–H groups in total. The summed E-state index contributed by atoms with van der Waals surface area (Å²) < 4.78 is 59.5. The Hall–Kier alpha value is -1.08. The van der Waals surface area contributed by atoms with Crippen LogP contribution in [-0.4, -0.2) is 20.9 Å². The van der Waals surface area contributed by atoms with Crippen LogP contribution in [-0.2, 0) is 17.5 Å². The number of hydrogen-bond donors (Lipinski definition) is 0. The van der Waals surface area contributed by atoms with Gasteiger partial charge in [0.15, 0.2) is 0 Å². The van der Waals surface area contributed by atoms with Crippen molar-refractivity contribution in [2.75, 3.05) is 5.75 Å². The molecule has 0 aliphatic heterocycles. The second-order valence-corrected chi connectivity index (χ2v) is 3.97. The number of ether oxygens (including phenoxy) is 1. The molecule has 1 rings (SSSR count). The van der Waals surface area contributed by atoms with Crippen molar-refractivity contribution in [1.82, 2.24) is 0 Å². The Morgan fingerprint density at radius 3 is 2.25 bits per heavy atom. The third kappa shape index (κ3) is 5.13. The van der Waals surface area contributed by atoms with Crippen molar-refractivity contribution >= 4 is 11.1 Å². The third-order valence-corrected chi connectivity index (χ3v) is 2.25. The summed E-state index contributed by atoms with van der Waals surface area (Å²) in [5.74, 6) is -0.376. The molecule has 0 radical (unpaired) electrons. The monoisotopic (exact) mass is 253 g/mol. The Morgan fingerprint density at radius 2 is 1.81 bits per heavy atom. The molecule has 0 heterocycles. The molecule has 1 unspecified atom stereocenters. The van der Waals surface area contributed by atoms with E-state index in [2.05, 4.69) is 4.74 Å². The van der Waals surface area contributed by atoms with Crippen LogP contribution < -0.4 is 4.74 Å². The first-order valence-electron chi connectivity index (χ1n) is 4.27. The van der Waals surface area contributed by atoms with E-state index in [0.29, 0.717) is 5.56 Å². The molecule has 0 aliphatic carbocycles. The van der Waals surface area contributed by atoms with Crippen molar-refractivity contribution in [2.45, 2.75) is 12.8 Å². The average molecular weight is 253 g/mol. The average Bonchev–Trinajstić information content (AvgIpc) is 2.14. The molecule has 1 aromatic carbocycles. The van der Waals surface area contributed by atoms with E-state index in [0.717, 1.165) is 12.1 Å². The molecular formula is C9H8F3O3S-. The van der Waals surface area contributed by atoms with Gasteiger partial charge in [0.1, 0.15) is 5.75 Å². The second kappa shape index (κ2) is 5.31. The largest absolute Gasteiger partial charge is 0.772 e. The van der Waals surface area contributed by atoms with E-state index in [1.54, 1.807) is 0 Å². The van der Waals surface area contributed by atoms with Gasteiger partial charge in [0.25, 0.3) is 0 Å². The Kier molecular flexibility index (Phi) is 4.31. The van der Waals surface area contributed by atoms with Crippen LogP contribution in [0.3, 0.4) is 0 Å². The maximum absolute atomic E-state index is 11.8. The number of hydrogen-bond acceptors (Lipinski definition) is 3. The number of alkyl halides is 3. The molecule has 1 aromatic rings. The molecule has 0 aromatic heterocycles. The smallest absolute Gasteiger partial charge is 0.573 e. The quantitative estimate of drug-likeness (QED) is 0.771. The first kappa shape index (κ1) is 13.0. The van der Waals surface area contributed by atoms with E-state index < -0.39 is 17.4 Å². The summed E-state index contributed by atoms with van der Waals surface area (Å²) in [5.41, 5.74) is 0.638. The first-order valence-corrected chi connectivity index (χ1v) is 5.52. The van der Waals surface area contributed by atoms with E-state index in [9.17, 15) is 21.9 Å². The van der Waals surface area contributed by atoms with Crippen molar-refractivity contribution in [3.63, 3.8) is 0 Å². The minimum absolute atomic E-state index is 0.0561. The fourth-order valence-electron chi connectivity index (χ4n) is 1.06. The van der Waals surface area contributed by atoms with Crippen LogP contribution in [0.4, 0.5) is 13.2 Å². The highest BCUT2D eigenvalue weighted by Crippen LogP contribution is 2.22. The minimum Gasteiger partial charge on any atom is -0.772 e. The van der Waals surface area contributed by atoms with Gasteiger partial charge in [-0.25, -0.2) is 0 Å². The maximum atomic E-state index is 11.8. The van der Waals surface area contributed by atoms with E-state index in [-0.39, 0.29) is 17.9 Å². The Bertz CT molecular complexity index is 361. The molecule has 90 valence electrons. The highest BCUT2D eigenvalue weighted by atomic mass is 32.2. The van der Waals surface area contributed by atoms with Gasteiger partial charge in [-0.05, 0) is 24.1 Å². The normalized spacial score (nSPS) is 13.5. The van der Waals surface area contributed by atoms with E-state index >= 15 is 0 Å². The molecule has 7 heteroatoms. The molecule has 1 atom stereocenters. The van der Waals surface area contributed by atoms with Crippen molar-refractivity contribution in [1.29, 1.82) is 0 Å². The van der Waals surface area contributed by atoms with Crippen molar-refractivity contribution in [3.8, 4) is 5.75 Å². The van der Waals surface area contributed by atoms with Crippen LogP contribution in [0, 0.1) is 0 Å². The Morgan fingerprint density at radius 1 is 1.25 bits per heavy atom. The second-order valence-electron chi connectivity index (χ2n) is 2.95. The highest BCUT2D eigenvalue weighted by Gasteiger charge is 2.30. The Balaban J connectivity index is 2.57. The van der Waals surface area contributed by atoms with Crippen LogP contribution in [0.25, 0.3) is 0 Å². The van der Waals surface area contributed by atoms with Gasteiger partial charge in [-0.2, -0.15) is 0 Å². The minimum atomic E-state index is -4.71. The molecule has 16 heavy (non-hydrogen) atoms. The van der Waals surface area contributed by atoms with E-state index in [1.165, 1.54) is 12.1 Å². The lowest BCUT2D eigenvalue weighted by molar-refractivity contribution is -0.274. The highest BCUT2D eigenvalue weighted by molar-refractivity contribution is 7.79. The molecule has 0 amide bonds. The maximum Gasteiger partial charge on any atom is 0.573 e.